The van der Waals surface area contributed by atoms with Crippen LogP contribution in [0.25, 0.3) is 10.9 Å². The molecule has 0 fully saturated rings. The van der Waals surface area contributed by atoms with Crippen molar-refractivity contribution in [2.45, 2.75) is 34.1 Å². The molecular weight excluding hydrogens is 248 g/mol. The molecule has 0 aliphatic rings. The highest BCUT2D eigenvalue weighted by atomic mass is 16.2. The maximum absolute atomic E-state index is 12.3. The number of rotatable bonds is 4. The summed E-state index contributed by atoms with van der Waals surface area (Å²) >= 11 is 0. The Kier molecular flexibility index (Phi) is 4.38. The van der Waals surface area contributed by atoms with Gasteiger partial charge in [-0.05, 0) is 44.9 Å². The molecule has 0 unspecified atom stereocenters. The first-order valence-corrected chi connectivity index (χ1v) is 7.21. The fourth-order valence-electron chi connectivity index (χ4n) is 2.67. The third-order valence-electron chi connectivity index (χ3n) is 3.93. The first-order valence-electron chi connectivity index (χ1n) is 7.21. The van der Waals surface area contributed by atoms with Crippen molar-refractivity contribution >= 4 is 16.8 Å². The van der Waals surface area contributed by atoms with Gasteiger partial charge in [0.15, 0.2) is 0 Å². The molecule has 106 valence electrons. The lowest BCUT2D eigenvalue weighted by Crippen LogP contribution is -2.32. The van der Waals surface area contributed by atoms with E-state index in [1.54, 1.807) is 0 Å². The highest BCUT2D eigenvalue weighted by molar-refractivity contribution is 5.86. The minimum absolute atomic E-state index is 0.179. The fraction of sp³-hybridized carbons (Fsp3) is 0.412. The molecule has 3 nitrogen and oxygen atoms in total. The molecule has 0 aliphatic heterocycles. The van der Waals surface area contributed by atoms with Crippen molar-refractivity contribution in [3.05, 3.63) is 41.1 Å². The van der Waals surface area contributed by atoms with E-state index >= 15 is 0 Å². The zero-order valence-corrected chi connectivity index (χ0v) is 12.7. The van der Waals surface area contributed by atoms with Gasteiger partial charge in [-0.15, -0.1) is 0 Å². The molecule has 1 aromatic carbocycles. The molecular formula is C17H22N2O. The van der Waals surface area contributed by atoms with E-state index in [-0.39, 0.29) is 5.91 Å². The van der Waals surface area contributed by atoms with Gasteiger partial charge in [0.05, 0.1) is 11.9 Å². The molecule has 3 heteroatoms. The number of aromatic nitrogens is 1. The van der Waals surface area contributed by atoms with Crippen LogP contribution in [0.15, 0.2) is 24.3 Å². The molecule has 2 rings (SSSR count). The van der Waals surface area contributed by atoms with Crippen molar-refractivity contribution in [3.63, 3.8) is 0 Å². The topological polar surface area (TPSA) is 33.2 Å². The van der Waals surface area contributed by atoms with Crippen LogP contribution in [0.3, 0.4) is 0 Å². The number of likely N-dealkylation sites (N-methyl/N-ethyl adjacent to an activating group) is 1. The van der Waals surface area contributed by atoms with Gasteiger partial charge in [-0.2, -0.15) is 0 Å². The summed E-state index contributed by atoms with van der Waals surface area (Å²) in [6.45, 7) is 9.62. The van der Waals surface area contributed by atoms with Gasteiger partial charge in [0.1, 0.15) is 0 Å². The summed E-state index contributed by atoms with van der Waals surface area (Å²) < 4.78 is 0. The van der Waals surface area contributed by atoms with E-state index in [0.717, 1.165) is 35.2 Å². The van der Waals surface area contributed by atoms with Gasteiger partial charge in [0, 0.05) is 24.2 Å². The maximum Gasteiger partial charge on any atom is 0.227 e. The summed E-state index contributed by atoms with van der Waals surface area (Å²) in [5.41, 5.74) is 4.21. The Balaban J connectivity index is 2.42. The van der Waals surface area contributed by atoms with Crippen LogP contribution in [-0.2, 0) is 11.2 Å². The molecule has 20 heavy (non-hydrogen) atoms. The standard InChI is InChI=1S/C17H22N2O/c1-5-19(6-2)17(20)11-15-12(3)14-9-7-8-10-16(14)18-13(15)4/h7-10H,5-6,11H2,1-4H3. The second-order valence-corrected chi connectivity index (χ2v) is 5.06. The predicted molar refractivity (Wildman–Crippen MR) is 82.8 cm³/mol. The third kappa shape index (κ3) is 2.67. The zero-order chi connectivity index (χ0) is 14.7. The van der Waals surface area contributed by atoms with Gasteiger partial charge in [-0.1, -0.05) is 18.2 Å². The number of para-hydroxylation sites is 1. The number of fused-ring (bicyclic) bond motifs is 1. The van der Waals surface area contributed by atoms with Crippen molar-refractivity contribution in [3.8, 4) is 0 Å². The number of nitrogens with zero attached hydrogens (tertiary/aromatic N) is 2. The van der Waals surface area contributed by atoms with E-state index in [0.29, 0.717) is 6.42 Å². The molecule has 0 radical (unpaired) electrons. The smallest absolute Gasteiger partial charge is 0.227 e. The molecule has 2 aromatic rings. The van der Waals surface area contributed by atoms with E-state index < -0.39 is 0 Å². The van der Waals surface area contributed by atoms with Gasteiger partial charge >= 0.3 is 0 Å². The van der Waals surface area contributed by atoms with Crippen molar-refractivity contribution in [1.82, 2.24) is 9.88 Å². The van der Waals surface area contributed by atoms with E-state index in [4.69, 9.17) is 0 Å². The van der Waals surface area contributed by atoms with Crippen molar-refractivity contribution in [2.75, 3.05) is 13.1 Å². The summed E-state index contributed by atoms with van der Waals surface area (Å²) in [7, 11) is 0. The van der Waals surface area contributed by atoms with E-state index in [2.05, 4.69) is 18.0 Å². The Bertz CT molecular complexity index is 630. The van der Waals surface area contributed by atoms with Crippen LogP contribution in [0, 0.1) is 13.8 Å². The third-order valence-corrected chi connectivity index (χ3v) is 3.93. The quantitative estimate of drug-likeness (QED) is 0.854. The van der Waals surface area contributed by atoms with Crippen molar-refractivity contribution in [1.29, 1.82) is 0 Å². The monoisotopic (exact) mass is 270 g/mol. The molecule has 0 spiro atoms. The first-order chi connectivity index (χ1) is 9.58. The second-order valence-electron chi connectivity index (χ2n) is 5.06. The molecule has 1 aromatic heterocycles. The fourth-order valence-corrected chi connectivity index (χ4v) is 2.67. The SMILES string of the molecule is CCN(CC)C(=O)Cc1c(C)nc2ccccc2c1C. The van der Waals surface area contributed by atoms with Crippen LogP contribution >= 0.6 is 0 Å². The summed E-state index contributed by atoms with van der Waals surface area (Å²) in [5, 5.41) is 1.14. The maximum atomic E-state index is 12.3. The Morgan fingerprint density at radius 1 is 1.15 bits per heavy atom. The van der Waals surface area contributed by atoms with E-state index in [1.165, 1.54) is 5.56 Å². The molecule has 0 aliphatic carbocycles. The van der Waals surface area contributed by atoms with Crippen LogP contribution in [0.2, 0.25) is 0 Å². The number of carbonyl (C=O) groups excluding carboxylic acids is 1. The first kappa shape index (κ1) is 14.5. The number of carbonyl (C=O) groups is 1. The molecule has 0 saturated heterocycles. The lowest BCUT2D eigenvalue weighted by Gasteiger charge is -2.20. The minimum atomic E-state index is 0.179. The Hall–Kier alpha value is -1.90. The number of hydrogen-bond acceptors (Lipinski definition) is 2. The van der Waals surface area contributed by atoms with Gasteiger partial charge in [-0.25, -0.2) is 0 Å². The van der Waals surface area contributed by atoms with E-state index in [9.17, 15) is 4.79 Å². The average Bonchev–Trinajstić information content (AvgIpc) is 2.45. The van der Waals surface area contributed by atoms with Gasteiger partial charge < -0.3 is 4.90 Å². The Labute approximate surface area is 120 Å². The lowest BCUT2D eigenvalue weighted by molar-refractivity contribution is -0.130. The molecule has 0 saturated carbocycles. The van der Waals surface area contributed by atoms with Crippen LogP contribution in [0.5, 0.6) is 0 Å². The minimum Gasteiger partial charge on any atom is -0.343 e. The largest absolute Gasteiger partial charge is 0.343 e. The zero-order valence-electron chi connectivity index (χ0n) is 12.7. The van der Waals surface area contributed by atoms with Crippen molar-refractivity contribution in [2.24, 2.45) is 0 Å². The predicted octanol–water partition coefficient (Wildman–Crippen LogP) is 3.26. The van der Waals surface area contributed by atoms with Crippen LogP contribution in [-0.4, -0.2) is 28.9 Å². The van der Waals surface area contributed by atoms with Crippen LogP contribution < -0.4 is 0 Å². The summed E-state index contributed by atoms with van der Waals surface area (Å²) in [4.78, 5) is 18.8. The lowest BCUT2D eigenvalue weighted by atomic mass is 9.99. The molecule has 1 amide bonds. The van der Waals surface area contributed by atoms with Gasteiger partial charge in [0.25, 0.3) is 0 Å². The Morgan fingerprint density at radius 2 is 1.80 bits per heavy atom. The molecule has 0 N–H and O–H groups in total. The van der Waals surface area contributed by atoms with Crippen LogP contribution in [0.4, 0.5) is 0 Å². The van der Waals surface area contributed by atoms with Gasteiger partial charge in [-0.3, -0.25) is 9.78 Å². The summed E-state index contributed by atoms with van der Waals surface area (Å²) in [6, 6.07) is 8.10. The average molecular weight is 270 g/mol. The van der Waals surface area contributed by atoms with Gasteiger partial charge in [0.2, 0.25) is 5.91 Å². The normalized spacial score (nSPS) is 10.8. The highest BCUT2D eigenvalue weighted by Crippen LogP contribution is 2.23. The number of aryl methyl sites for hydroxylation is 2. The summed E-state index contributed by atoms with van der Waals surface area (Å²) in [5.74, 6) is 0.179. The molecule has 0 bridgehead atoms. The molecule has 1 heterocycles. The van der Waals surface area contributed by atoms with Crippen LogP contribution in [0.1, 0.15) is 30.7 Å². The molecule has 0 atom stereocenters. The number of amides is 1. The highest BCUT2D eigenvalue weighted by Gasteiger charge is 2.15. The van der Waals surface area contributed by atoms with E-state index in [1.807, 2.05) is 43.9 Å². The summed E-state index contributed by atoms with van der Waals surface area (Å²) in [6.07, 6.45) is 0.442. The number of hydrogen-bond donors (Lipinski definition) is 0. The Morgan fingerprint density at radius 3 is 2.45 bits per heavy atom. The van der Waals surface area contributed by atoms with Crippen molar-refractivity contribution < 1.29 is 4.79 Å². The second kappa shape index (κ2) is 6.04. The number of pyridine rings is 1. The number of benzene rings is 1.